The van der Waals surface area contributed by atoms with Crippen LogP contribution in [0.25, 0.3) is 0 Å². The van der Waals surface area contributed by atoms with Crippen LogP contribution in [0.15, 0.2) is 17.5 Å². The maximum atomic E-state index is 10.4. The summed E-state index contributed by atoms with van der Waals surface area (Å²) >= 11 is 1.82. The van der Waals surface area contributed by atoms with E-state index in [1.807, 2.05) is 11.3 Å². The van der Waals surface area contributed by atoms with E-state index in [0.29, 0.717) is 12.1 Å². The Labute approximate surface area is 115 Å². The molecule has 2 nitrogen and oxygen atoms in total. The lowest BCUT2D eigenvalue weighted by Gasteiger charge is -2.36. The Kier molecular flexibility index (Phi) is 5.22. The Morgan fingerprint density at radius 2 is 2.11 bits per heavy atom. The third-order valence-electron chi connectivity index (χ3n) is 3.95. The van der Waals surface area contributed by atoms with Gasteiger partial charge in [-0.25, -0.2) is 0 Å². The zero-order chi connectivity index (χ0) is 13.0. The van der Waals surface area contributed by atoms with Crippen molar-refractivity contribution in [3.05, 3.63) is 22.4 Å². The molecular weight excluding hydrogens is 242 g/mol. The average Bonchev–Trinajstić information content (AvgIpc) is 2.75. The molecule has 18 heavy (non-hydrogen) atoms. The molecule has 0 bridgehead atoms. The average molecular weight is 267 g/mol. The molecular formula is C15H25NOS. The normalized spacial score (nSPS) is 25.6. The molecule has 1 aromatic heterocycles. The van der Waals surface area contributed by atoms with Crippen LogP contribution in [-0.4, -0.2) is 28.2 Å². The van der Waals surface area contributed by atoms with E-state index in [0.717, 1.165) is 19.4 Å². The molecule has 0 saturated heterocycles. The lowest BCUT2D eigenvalue weighted by Crippen LogP contribution is -2.46. The lowest BCUT2D eigenvalue weighted by molar-refractivity contribution is 0.0228. The standard InChI is InChI=1S/C15H25NOS/c1-12(2)16(11-13-7-6-10-18-13)14-8-4-3-5-9-15(14)17/h6-7,10,12,14-15,17H,3-5,8-9,11H2,1-2H3. The molecule has 0 amide bonds. The second kappa shape index (κ2) is 6.69. The zero-order valence-electron chi connectivity index (χ0n) is 11.5. The zero-order valence-corrected chi connectivity index (χ0v) is 12.3. The fourth-order valence-electron chi connectivity index (χ4n) is 2.92. The first kappa shape index (κ1) is 14.0. The summed E-state index contributed by atoms with van der Waals surface area (Å²) < 4.78 is 0. The number of rotatable bonds is 4. The molecule has 0 aliphatic heterocycles. The number of hydrogen-bond acceptors (Lipinski definition) is 3. The van der Waals surface area contributed by atoms with Gasteiger partial charge in [-0.2, -0.15) is 0 Å². The van der Waals surface area contributed by atoms with Crippen molar-refractivity contribution in [2.24, 2.45) is 0 Å². The van der Waals surface area contributed by atoms with Crippen molar-refractivity contribution in [2.45, 2.75) is 70.7 Å². The first-order valence-corrected chi connectivity index (χ1v) is 8.02. The van der Waals surface area contributed by atoms with Crippen molar-refractivity contribution in [1.82, 2.24) is 4.90 Å². The van der Waals surface area contributed by atoms with Crippen molar-refractivity contribution in [3.63, 3.8) is 0 Å². The summed E-state index contributed by atoms with van der Waals surface area (Å²) in [7, 11) is 0. The van der Waals surface area contributed by atoms with Gasteiger partial charge in [-0.05, 0) is 38.1 Å². The molecule has 2 unspecified atom stereocenters. The van der Waals surface area contributed by atoms with Gasteiger partial charge in [-0.15, -0.1) is 11.3 Å². The van der Waals surface area contributed by atoms with Crippen LogP contribution in [-0.2, 0) is 6.54 Å². The molecule has 1 aliphatic carbocycles. The Morgan fingerprint density at radius 1 is 1.33 bits per heavy atom. The van der Waals surface area contributed by atoms with Gasteiger partial charge in [-0.3, -0.25) is 4.90 Å². The molecule has 1 aromatic rings. The third-order valence-corrected chi connectivity index (χ3v) is 4.81. The second-order valence-corrected chi connectivity index (χ2v) is 6.65. The van der Waals surface area contributed by atoms with Gasteiger partial charge in [0.25, 0.3) is 0 Å². The first-order valence-electron chi connectivity index (χ1n) is 7.14. The van der Waals surface area contributed by atoms with Crippen molar-refractivity contribution in [3.8, 4) is 0 Å². The molecule has 1 N–H and O–H groups in total. The number of hydrogen-bond donors (Lipinski definition) is 1. The number of thiophene rings is 1. The van der Waals surface area contributed by atoms with Gasteiger partial charge in [-0.1, -0.05) is 25.3 Å². The fraction of sp³-hybridized carbons (Fsp3) is 0.733. The minimum Gasteiger partial charge on any atom is -0.391 e. The highest BCUT2D eigenvalue weighted by Crippen LogP contribution is 2.26. The maximum Gasteiger partial charge on any atom is 0.0695 e. The van der Waals surface area contributed by atoms with E-state index in [-0.39, 0.29) is 6.10 Å². The Morgan fingerprint density at radius 3 is 2.78 bits per heavy atom. The Balaban J connectivity index is 2.07. The highest BCUT2D eigenvalue weighted by atomic mass is 32.1. The SMILES string of the molecule is CC(C)N(Cc1cccs1)C1CCCCCC1O. The molecule has 0 spiro atoms. The molecule has 1 fully saturated rings. The van der Waals surface area contributed by atoms with Crippen LogP contribution in [0.4, 0.5) is 0 Å². The van der Waals surface area contributed by atoms with Crippen molar-refractivity contribution in [1.29, 1.82) is 0 Å². The highest BCUT2D eigenvalue weighted by molar-refractivity contribution is 7.09. The minimum atomic E-state index is -0.144. The number of aliphatic hydroxyl groups excluding tert-OH is 1. The molecule has 1 aliphatic rings. The summed E-state index contributed by atoms with van der Waals surface area (Å²) in [5.41, 5.74) is 0. The summed E-state index contributed by atoms with van der Waals surface area (Å²) in [6, 6.07) is 5.14. The molecule has 102 valence electrons. The van der Waals surface area contributed by atoms with Gasteiger partial charge in [0.15, 0.2) is 0 Å². The molecule has 3 heteroatoms. The first-order chi connectivity index (χ1) is 8.68. The summed E-state index contributed by atoms with van der Waals surface area (Å²) in [5.74, 6) is 0. The predicted molar refractivity (Wildman–Crippen MR) is 77.9 cm³/mol. The Bertz CT molecular complexity index is 336. The van der Waals surface area contributed by atoms with Crippen LogP contribution in [0.3, 0.4) is 0 Å². The summed E-state index contributed by atoms with van der Waals surface area (Å²) in [5, 5.41) is 12.5. The third kappa shape index (κ3) is 3.56. The van der Waals surface area contributed by atoms with Crippen molar-refractivity contribution < 1.29 is 5.11 Å². The number of nitrogens with zero attached hydrogens (tertiary/aromatic N) is 1. The predicted octanol–water partition coefficient (Wildman–Crippen LogP) is 3.65. The van der Waals surface area contributed by atoms with Gasteiger partial charge >= 0.3 is 0 Å². The van der Waals surface area contributed by atoms with E-state index in [4.69, 9.17) is 0 Å². The largest absolute Gasteiger partial charge is 0.391 e. The highest BCUT2D eigenvalue weighted by Gasteiger charge is 2.29. The van der Waals surface area contributed by atoms with E-state index in [9.17, 15) is 5.11 Å². The molecule has 0 radical (unpaired) electrons. The van der Waals surface area contributed by atoms with Crippen LogP contribution in [0, 0.1) is 0 Å². The maximum absolute atomic E-state index is 10.4. The van der Waals surface area contributed by atoms with Gasteiger partial charge in [0.2, 0.25) is 0 Å². The second-order valence-electron chi connectivity index (χ2n) is 5.62. The molecule has 2 atom stereocenters. The summed E-state index contributed by atoms with van der Waals surface area (Å²) in [4.78, 5) is 3.89. The molecule has 0 aromatic carbocycles. The Hall–Kier alpha value is -0.380. The van der Waals surface area contributed by atoms with E-state index in [2.05, 4.69) is 36.3 Å². The van der Waals surface area contributed by atoms with Crippen LogP contribution in [0.5, 0.6) is 0 Å². The van der Waals surface area contributed by atoms with Crippen molar-refractivity contribution >= 4 is 11.3 Å². The molecule has 1 saturated carbocycles. The lowest BCUT2D eigenvalue weighted by atomic mass is 10.0. The summed E-state index contributed by atoms with van der Waals surface area (Å²) in [6.07, 6.45) is 5.69. The minimum absolute atomic E-state index is 0.144. The van der Waals surface area contributed by atoms with Gasteiger partial charge in [0.05, 0.1) is 6.10 Å². The van der Waals surface area contributed by atoms with E-state index in [1.165, 1.54) is 24.1 Å². The number of aliphatic hydroxyl groups is 1. The van der Waals surface area contributed by atoms with Crippen molar-refractivity contribution in [2.75, 3.05) is 0 Å². The van der Waals surface area contributed by atoms with E-state index >= 15 is 0 Å². The monoisotopic (exact) mass is 267 g/mol. The topological polar surface area (TPSA) is 23.5 Å². The van der Waals surface area contributed by atoms with Crippen LogP contribution in [0.1, 0.15) is 50.8 Å². The molecule has 2 rings (SSSR count). The molecule has 1 heterocycles. The van der Waals surface area contributed by atoms with Gasteiger partial charge < -0.3 is 5.11 Å². The van der Waals surface area contributed by atoms with Gasteiger partial charge in [0, 0.05) is 23.5 Å². The summed E-state index contributed by atoms with van der Waals surface area (Å²) in [6.45, 7) is 5.47. The quantitative estimate of drug-likeness (QED) is 0.842. The van der Waals surface area contributed by atoms with Crippen LogP contribution < -0.4 is 0 Å². The smallest absolute Gasteiger partial charge is 0.0695 e. The fourth-order valence-corrected chi connectivity index (χ4v) is 3.63. The van der Waals surface area contributed by atoms with Crippen LogP contribution >= 0.6 is 11.3 Å². The van der Waals surface area contributed by atoms with Crippen LogP contribution in [0.2, 0.25) is 0 Å². The van der Waals surface area contributed by atoms with E-state index in [1.54, 1.807) is 0 Å². The van der Waals surface area contributed by atoms with Gasteiger partial charge in [0.1, 0.15) is 0 Å². The van der Waals surface area contributed by atoms with E-state index < -0.39 is 0 Å².